The van der Waals surface area contributed by atoms with Crippen LogP contribution in [0.3, 0.4) is 0 Å². The average molecular weight is 227 g/mol. The van der Waals surface area contributed by atoms with Crippen LogP contribution >= 0.6 is 0 Å². The second-order valence-corrected chi connectivity index (χ2v) is 3.12. The lowest BCUT2D eigenvalue weighted by Gasteiger charge is -2.02. The molecule has 88 valence electrons. The van der Waals surface area contributed by atoms with Crippen LogP contribution in [0.15, 0.2) is 6.07 Å². The summed E-state index contributed by atoms with van der Waals surface area (Å²) in [4.78, 5) is 22.3. The summed E-state index contributed by atoms with van der Waals surface area (Å²) in [6, 6.07) is 1.86. The number of nitrogens with zero attached hydrogens (tertiary/aromatic N) is 1. The first-order valence-electron chi connectivity index (χ1n) is 4.35. The van der Waals surface area contributed by atoms with Crippen molar-refractivity contribution in [3.8, 4) is 5.75 Å². The minimum atomic E-state index is -1.82. The molecule has 0 spiro atoms. The zero-order valence-electron chi connectivity index (χ0n) is 9.18. The Morgan fingerprint density at radius 1 is 1.12 bits per heavy atom. The van der Waals surface area contributed by atoms with Crippen molar-refractivity contribution in [3.63, 3.8) is 0 Å². The first kappa shape index (κ1) is 13.9. The van der Waals surface area contributed by atoms with Crippen LogP contribution in [0.4, 0.5) is 0 Å². The summed E-state index contributed by atoms with van der Waals surface area (Å²) < 4.78 is 0. The number of aromatic nitrogens is 1. The number of carbonyl (C=O) groups is 2. The van der Waals surface area contributed by atoms with Crippen LogP contribution in [0.25, 0.3) is 0 Å². The van der Waals surface area contributed by atoms with E-state index in [4.69, 9.17) is 19.8 Å². The summed E-state index contributed by atoms with van der Waals surface area (Å²) in [5.41, 5.74) is 2.55. The van der Waals surface area contributed by atoms with E-state index >= 15 is 0 Å². The molecule has 0 unspecified atom stereocenters. The van der Waals surface area contributed by atoms with Crippen LogP contribution in [0.5, 0.6) is 5.75 Å². The molecule has 0 aromatic carbocycles. The molecule has 0 amide bonds. The van der Waals surface area contributed by atoms with Gasteiger partial charge in [0.1, 0.15) is 5.75 Å². The zero-order chi connectivity index (χ0) is 12.9. The number of aryl methyl sites for hydroxylation is 3. The molecule has 0 saturated carbocycles. The molecule has 0 bridgehead atoms. The van der Waals surface area contributed by atoms with Crippen LogP contribution in [0.2, 0.25) is 0 Å². The largest absolute Gasteiger partial charge is 0.506 e. The van der Waals surface area contributed by atoms with E-state index in [-0.39, 0.29) is 0 Å². The first-order chi connectivity index (χ1) is 7.25. The van der Waals surface area contributed by atoms with E-state index in [1.54, 1.807) is 6.92 Å². The summed E-state index contributed by atoms with van der Waals surface area (Å²) in [6.07, 6.45) is 0. The number of aliphatic carboxylic acids is 2. The first-order valence-corrected chi connectivity index (χ1v) is 4.35. The van der Waals surface area contributed by atoms with Gasteiger partial charge < -0.3 is 15.3 Å². The Kier molecular flexibility index (Phi) is 4.94. The standard InChI is InChI=1S/C8H11NO.C2H2O4/c1-5-4-6(2)9-7(3)8(5)10;3-1(4)2(5)6/h4,10H,1-3H3;(H,3,4)(H,5,6). The number of carboxylic acids is 2. The molecule has 0 radical (unpaired) electrons. The van der Waals surface area contributed by atoms with E-state index in [1.165, 1.54) is 0 Å². The fourth-order valence-electron chi connectivity index (χ4n) is 1.02. The van der Waals surface area contributed by atoms with Crippen molar-refractivity contribution in [2.45, 2.75) is 20.8 Å². The molecule has 1 aromatic rings. The fraction of sp³-hybridized carbons (Fsp3) is 0.300. The minimum absolute atomic E-state index is 0.311. The van der Waals surface area contributed by atoms with E-state index in [1.807, 2.05) is 19.9 Å². The Hall–Kier alpha value is -2.11. The third-order valence-electron chi connectivity index (χ3n) is 1.67. The fourth-order valence-corrected chi connectivity index (χ4v) is 1.02. The highest BCUT2D eigenvalue weighted by atomic mass is 16.4. The number of hydrogen-bond acceptors (Lipinski definition) is 4. The van der Waals surface area contributed by atoms with E-state index < -0.39 is 11.9 Å². The molecule has 6 nitrogen and oxygen atoms in total. The van der Waals surface area contributed by atoms with Crippen LogP contribution in [-0.4, -0.2) is 32.2 Å². The van der Waals surface area contributed by atoms with Crippen molar-refractivity contribution in [2.24, 2.45) is 0 Å². The number of aromatic hydroxyl groups is 1. The van der Waals surface area contributed by atoms with Gasteiger partial charge in [-0.05, 0) is 32.4 Å². The minimum Gasteiger partial charge on any atom is -0.506 e. The summed E-state index contributed by atoms with van der Waals surface area (Å²) in [5, 5.41) is 24.1. The highest BCUT2D eigenvalue weighted by molar-refractivity contribution is 6.27. The lowest BCUT2D eigenvalue weighted by atomic mass is 10.2. The quantitative estimate of drug-likeness (QED) is 0.567. The molecule has 6 heteroatoms. The van der Waals surface area contributed by atoms with Crippen LogP contribution < -0.4 is 0 Å². The maximum absolute atomic E-state index is 9.27. The normalized spacial score (nSPS) is 8.94. The SMILES string of the molecule is Cc1cc(C)c(O)c(C)n1.O=C(O)C(=O)O. The Morgan fingerprint density at radius 3 is 1.88 bits per heavy atom. The van der Waals surface area contributed by atoms with Gasteiger partial charge in [0.25, 0.3) is 0 Å². The third kappa shape index (κ3) is 4.41. The van der Waals surface area contributed by atoms with Gasteiger partial charge in [-0.3, -0.25) is 4.98 Å². The van der Waals surface area contributed by atoms with Crippen molar-refractivity contribution in [3.05, 3.63) is 23.0 Å². The number of carboxylic acid groups (broad SMARTS) is 2. The summed E-state index contributed by atoms with van der Waals surface area (Å²) in [5.74, 6) is -3.34. The molecule has 0 atom stereocenters. The van der Waals surface area contributed by atoms with Crippen LogP contribution in [0.1, 0.15) is 17.0 Å². The van der Waals surface area contributed by atoms with Gasteiger partial charge in [-0.1, -0.05) is 0 Å². The van der Waals surface area contributed by atoms with Gasteiger partial charge >= 0.3 is 11.9 Å². The molecule has 0 saturated heterocycles. The zero-order valence-corrected chi connectivity index (χ0v) is 9.18. The maximum Gasteiger partial charge on any atom is 0.414 e. The second kappa shape index (κ2) is 5.69. The van der Waals surface area contributed by atoms with Gasteiger partial charge in [0.2, 0.25) is 0 Å². The number of rotatable bonds is 0. The molecule has 3 N–H and O–H groups in total. The number of pyridine rings is 1. The molecule has 0 aliphatic rings. The lowest BCUT2D eigenvalue weighted by molar-refractivity contribution is -0.159. The van der Waals surface area contributed by atoms with E-state index in [0.29, 0.717) is 11.4 Å². The highest BCUT2D eigenvalue weighted by Crippen LogP contribution is 2.18. The van der Waals surface area contributed by atoms with Gasteiger partial charge in [0.05, 0.1) is 5.69 Å². The molecule has 0 aliphatic heterocycles. The van der Waals surface area contributed by atoms with E-state index in [2.05, 4.69) is 4.98 Å². The molecule has 1 heterocycles. The summed E-state index contributed by atoms with van der Waals surface area (Å²) in [7, 11) is 0. The van der Waals surface area contributed by atoms with E-state index in [9.17, 15) is 5.11 Å². The topological polar surface area (TPSA) is 108 Å². The molecular weight excluding hydrogens is 214 g/mol. The van der Waals surface area contributed by atoms with Gasteiger partial charge in [-0.25, -0.2) is 9.59 Å². The summed E-state index contributed by atoms with van der Waals surface area (Å²) >= 11 is 0. The smallest absolute Gasteiger partial charge is 0.414 e. The van der Waals surface area contributed by atoms with Gasteiger partial charge in [-0.2, -0.15) is 0 Å². The Labute approximate surface area is 92.2 Å². The van der Waals surface area contributed by atoms with E-state index in [0.717, 1.165) is 11.3 Å². The molecule has 0 aliphatic carbocycles. The average Bonchev–Trinajstić information content (AvgIpc) is 2.14. The van der Waals surface area contributed by atoms with Gasteiger partial charge in [0, 0.05) is 5.69 Å². The molecule has 1 rings (SSSR count). The predicted octanol–water partition coefficient (Wildman–Crippen LogP) is 0.868. The predicted molar refractivity (Wildman–Crippen MR) is 55.4 cm³/mol. The van der Waals surface area contributed by atoms with Crippen molar-refractivity contribution in [1.82, 2.24) is 4.98 Å². The van der Waals surface area contributed by atoms with Crippen molar-refractivity contribution >= 4 is 11.9 Å². The van der Waals surface area contributed by atoms with Crippen molar-refractivity contribution in [2.75, 3.05) is 0 Å². The maximum atomic E-state index is 9.27. The highest BCUT2D eigenvalue weighted by Gasteiger charge is 2.04. The molecule has 0 fully saturated rings. The lowest BCUT2D eigenvalue weighted by Crippen LogP contribution is -2.09. The van der Waals surface area contributed by atoms with Crippen LogP contribution in [0, 0.1) is 20.8 Å². The molecule has 1 aromatic heterocycles. The molecule has 16 heavy (non-hydrogen) atoms. The Balaban J connectivity index is 0.000000325. The summed E-state index contributed by atoms with van der Waals surface area (Å²) in [6.45, 7) is 5.59. The molecular formula is C10H13NO5. The number of hydrogen-bond donors (Lipinski definition) is 3. The van der Waals surface area contributed by atoms with Gasteiger partial charge in [-0.15, -0.1) is 0 Å². The second-order valence-electron chi connectivity index (χ2n) is 3.12. The Bertz CT molecular complexity index is 379. The van der Waals surface area contributed by atoms with Gasteiger partial charge in [0.15, 0.2) is 0 Å². The monoisotopic (exact) mass is 227 g/mol. The van der Waals surface area contributed by atoms with Crippen LogP contribution in [-0.2, 0) is 9.59 Å². The van der Waals surface area contributed by atoms with Crippen molar-refractivity contribution in [1.29, 1.82) is 0 Å². The van der Waals surface area contributed by atoms with Crippen molar-refractivity contribution < 1.29 is 24.9 Å². The third-order valence-corrected chi connectivity index (χ3v) is 1.67. The Morgan fingerprint density at radius 2 is 1.56 bits per heavy atom.